The van der Waals surface area contributed by atoms with E-state index in [0.29, 0.717) is 29.4 Å². The van der Waals surface area contributed by atoms with Crippen LogP contribution in [0.4, 0.5) is 4.39 Å². The van der Waals surface area contributed by atoms with Crippen LogP contribution in [-0.4, -0.2) is 11.1 Å². The fraction of sp³-hybridized carbons (Fsp3) is 0.357. The van der Waals surface area contributed by atoms with Crippen LogP contribution in [0.3, 0.4) is 0 Å². The molecule has 1 aromatic heterocycles. The van der Waals surface area contributed by atoms with E-state index in [4.69, 9.17) is 4.42 Å². The Hall–Kier alpha value is -1.84. The number of rotatable bonds is 2. The van der Waals surface area contributed by atoms with Crippen LogP contribution in [0.5, 0.6) is 0 Å². The summed E-state index contributed by atoms with van der Waals surface area (Å²) in [4.78, 5) is 11.6. The Labute approximate surface area is 103 Å². The Morgan fingerprint density at radius 3 is 2.67 bits per heavy atom. The summed E-state index contributed by atoms with van der Waals surface area (Å²) < 4.78 is 19.4. The molecule has 1 aliphatic rings. The van der Waals surface area contributed by atoms with Gasteiger partial charge in [0, 0.05) is 10.9 Å². The molecular formula is C14H13FO3. The monoisotopic (exact) mass is 248 g/mol. The summed E-state index contributed by atoms with van der Waals surface area (Å²) in [7, 11) is 0. The summed E-state index contributed by atoms with van der Waals surface area (Å²) in [6, 6.07) is 4.49. The molecule has 1 saturated carbocycles. The molecule has 1 fully saturated rings. The van der Waals surface area contributed by atoms with E-state index in [1.807, 2.05) is 0 Å². The second-order valence-electron chi connectivity index (χ2n) is 4.85. The van der Waals surface area contributed by atoms with Gasteiger partial charge >= 0.3 is 5.97 Å². The van der Waals surface area contributed by atoms with Gasteiger partial charge in [0.2, 0.25) is 0 Å². The van der Waals surface area contributed by atoms with E-state index in [2.05, 4.69) is 0 Å². The van der Waals surface area contributed by atoms with Gasteiger partial charge in [-0.2, -0.15) is 0 Å². The molecule has 3 rings (SSSR count). The van der Waals surface area contributed by atoms with Crippen LogP contribution in [-0.2, 0) is 10.2 Å². The van der Waals surface area contributed by atoms with Crippen molar-refractivity contribution in [3.63, 3.8) is 0 Å². The van der Waals surface area contributed by atoms with Crippen LogP contribution in [0.25, 0.3) is 11.0 Å². The summed E-state index contributed by atoms with van der Waals surface area (Å²) in [5.41, 5.74) is -0.259. The number of halogens is 1. The van der Waals surface area contributed by atoms with Crippen molar-refractivity contribution in [2.75, 3.05) is 0 Å². The third-order valence-electron chi connectivity index (χ3n) is 3.93. The zero-order valence-electron chi connectivity index (χ0n) is 9.78. The Kier molecular flexibility index (Phi) is 2.40. The highest BCUT2D eigenvalue weighted by molar-refractivity contribution is 5.91. The number of carbonyl (C=O) groups is 1. The molecule has 0 atom stereocenters. The zero-order valence-corrected chi connectivity index (χ0v) is 9.78. The van der Waals surface area contributed by atoms with Gasteiger partial charge in [-0.1, -0.05) is 12.8 Å². The van der Waals surface area contributed by atoms with Crippen LogP contribution < -0.4 is 0 Å². The van der Waals surface area contributed by atoms with Crippen LogP contribution in [0.1, 0.15) is 31.2 Å². The lowest BCUT2D eigenvalue weighted by Gasteiger charge is -2.25. The molecule has 0 spiro atoms. The number of aliphatic carboxylic acids is 1. The first-order valence-electron chi connectivity index (χ1n) is 6.05. The molecule has 94 valence electrons. The number of hydrogen-bond donors (Lipinski definition) is 1. The molecule has 0 unspecified atom stereocenters. The van der Waals surface area contributed by atoms with Crippen LogP contribution in [0, 0.1) is 5.82 Å². The average Bonchev–Trinajstić information content (AvgIpc) is 2.96. The summed E-state index contributed by atoms with van der Waals surface area (Å²) in [6.07, 6.45) is 4.09. The number of carboxylic acids is 1. The molecule has 4 heteroatoms. The zero-order chi connectivity index (χ0) is 12.8. The fourth-order valence-electron chi connectivity index (χ4n) is 3.05. The minimum absolute atomic E-state index is 0.291. The maximum atomic E-state index is 14.1. The van der Waals surface area contributed by atoms with E-state index in [0.717, 1.165) is 12.8 Å². The normalized spacial score (nSPS) is 18.3. The average molecular weight is 248 g/mol. The van der Waals surface area contributed by atoms with Crippen molar-refractivity contribution >= 4 is 16.9 Å². The van der Waals surface area contributed by atoms with Crippen molar-refractivity contribution in [1.29, 1.82) is 0 Å². The van der Waals surface area contributed by atoms with Gasteiger partial charge < -0.3 is 9.52 Å². The fourth-order valence-corrected chi connectivity index (χ4v) is 3.05. The summed E-state index contributed by atoms with van der Waals surface area (Å²) >= 11 is 0. The van der Waals surface area contributed by atoms with Crippen molar-refractivity contribution in [3.05, 3.63) is 35.8 Å². The second-order valence-corrected chi connectivity index (χ2v) is 4.85. The van der Waals surface area contributed by atoms with Gasteiger partial charge in [-0.25, -0.2) is 4.39 Å². The highest BCUT2D eigenvalue weighted by Crippen LogP contribution is 2.45. The summed E-state index contributed by atoms with van der Waals surface area (Å²) in [5, 5.41) is 10.1. The molecule has 1 heterocycles. The molecule has 2 aromatic rings. The standard InChI is InChI=1S/C14H13FO3/c15-10-3-4-11-9(5-8-18-11)12(10)14(13(16)17)6-1-2-7-14/h3-5,8H,1-2,6-7H2,(H,16,17). The predicted molar refractivity (Wildman–Crippen MR) is 64.0 cm³/mol. The van der Waals surface area contributed by atoms with Gasteiger partial charge in [0.05, 0.1) is 11.7 Å². The molecule has 1 aromatic carbocycles. The van der Waals surface area contributed by atoms with Gasteiger partial charge in [-0.3, -0.25) is 4.79 Å². The molecule has 1 aliphatic carbocycles. The van der Waals surface area contributed by atoms with Crippen LogP contribution in [0.15, 0.2) is 28.9 Å². The Morgan fingerprint density at radius 2 is 2.00 bits per heavy atom. The van der Waals surface area contributed by atoms with E-state index in [1.54, 1.807) is 12.1 Å². The number of furan rings is 1. The van der Waals surface area contributed by atoms with Gasteiger partial charge in [0.25, 0.3) is 0 Å². The van der Waals surface area contributed by atoms with Gasteiger partial charge in [-0.15, -0.1) is 0 Å². The van der Waals surface area contributed by atoms with Gasteiger partial charge in [0.1, 0.15) is 11.4 Å². The number of benzene rings is 1. The second kappa shape index (κ2) is 3.83. The summed E-state index contributed by atoms with van der Waals surface area (Å²) in [5.74, 6) is -1.39. The van der Waals surface area contributed by atoms with Crippen molar-refractivity contribution in [2.45, 2.75) is 31.1 Å². The molecular weight excluding hydrogens is 235 g/mol. The van der Waals surface area contributed by atoms with E-state index >= 15 is 0 Å². The Morgan fingerprint density at radius 1 is 1.28 bits per heavy atom. The van der Waals surface area contributed by atoms with Crippen molar-refractivity contribution in [1.82, 2.24) is 0 Å². The molecule has 0 amide bonds. The first-order chi connectivity index (χ1) is 8.65. The molecule has 18 heavy (non-hydrogen) atoms. The molecule has 0 aliphatic heterocycles. The Bertz CT molecular complexity index is 609. The number of hydrogen-bond acceptors (Lipinski definition) is 2. The minimum Gasteiger partial charge on any atom is -0.481 e. The molecule has 3 nitrogen and oxygen atoms in total. The van der Waals surface area contributed by atoms with Crippen molar-refractivity contribution < 1.29 is 18.7 Å². The molecule has 1 N–H and O–H groups in total. The van der Waals surface area contributed by atoms with Crippen molar-refractivity contribution in [3.8, 4) is 0 Å². The first kappa shape index (κ1) is 11.3. The first-order valence-corrected chi connectivity index (χ1v) is 6.05. The van der Waals surface area contributed by atoms with Crippen molar-refractivity contribution in [2.24, 2.45) is 0 Å². The lowest BCUT2D eigenvalue weighted by atomic mass is 9.77. The molecule has 0 bridgehead atoms. The number of carboxylic acid groups (broad SMARTS) is 1. The van der Waals surface area contributed by atoms with Crippen LogP contribution >= 0.6 is 0 Å². The smallest absolute Gasteiger partial charge is 0.314 e. The third-order valence-corrected chi connectivity index (χ3v) is 3.93. The minimum atomic E-state index is -1.09. The summed E-state index contributed by atoms with van der Waals surface area (Å²) in [6.45, 7) is 0. The maximum absolute atomic E-state index is 14.1. The molecule has 0 radical (unpaired) electrons. The van der Waals surface area contributed by atoms with Gasteiger partial charge in [-0.05, 0) is 31.0 Å². The topological polar surface area (TPSA) is 50.4 Å². The molecule has 0 saturated heterocycles. The highest BCUT2D eigenvalue weighted by Gasteiger charge is 2.45. The highest BCUT2D eigenvalue weighted by atomic mass is 19.1. The predicted octanol–water partition coefficient (Wildman–Crippen LogP) is 3.47. The Balaban J connectivity index is 2.32. The SMILES string of the molecule is O=C(O)C1(c2c(F)ccc3occc23)CCCC1. The number of fused-ring (bicyclic) bond motifs is 1. The van der Waals surface area contributed by atoms with E-state index in [9.17, 15) is 14.3 Å². The van der Waals surface area contributed by atoms with Gasteiger partial charge in [0.15, 0.2) is 0 Å². The lowest BCUT2D eigenvalue weighted by Crippen LogP contribution is -2.33. The quantitative estimate of drug-likeness (QED) is 0.885. The van der Waals surface area contributed by atoms with Crippen LogP contribution in [0.2, 0.25) is 0 Å². The van der Waals surface area contributed by atoms with E-state index < -0.39 is 17.2 Å². The lowest BCUT2D eigenvalue weighted by molar-refractivity contribution is -0.143. The largest absolute Gasteiger partial charge is 0.481 e. The third kappa shape index (κ3) is 1.38. The van der Waals surface area contributed by atoms with E-state index in [1.165, 1.54) is 12.3 Å². The maximum Gasteiger partial charge on any atom is 0.314 e. The van der Waals surface area contributed by atoms with E-state index in [-0.39, 0.29) is 0 Å².